The third kappa shape index (κ3) is 8.28. The van der Waals surface area contributed by atoms with Crippen LogP contribution in [0.15, 0.2) is 48.9 Å². The lowest BCUT2D eigenvalue weighted by atomic mass is 9.95. The van der Waals surface area contributed by atoms with Crippen LogP contribution in [-0.4, -0.2) is 89.7 Å². The molecule has 0 spiro atoms. The van der Waals surface area contributed by atoms with Crippen molar-refractivity contribution < 1.29 is 37.9 Å². The van der Waals surface area contributed by atoms with Gasteiger partial charge in [-0.2, -0.15) is 0 Å². The van der Waals surface area contributed by atoms with Crippen LogP contribution < -0.4 is 26.6 Å². The summed E-state index contributed by atoms with van der Waals surface area (Å²) in [5, 5.41) is 15.2. The number of nitrogens with zero attached hydrogens (tertiary/aromatic N) is 3. The van der Waals surface area contributed by atoms with Crippen LogP contribution >= 0.6 is 0 Å². The van der Waals surface area contributed by atoms with Gasteiger partial charge >= 0.3 is 0 Å². The Morgan fingerprint density at radius 2 is 1.71 bits per heavy atom. The number of benzene rings is 2. The second-order valence-electron chi connectivity index (χ2n) is 13.2. The standard InChI is InChI=1S/C39H41FN8O7/c1-21-27(18-42-20-29(21)41-3)25-16-23-17-31(45-19-26(23)22(2)36(25)40)46-33(50)9-5-8-32(49)44-13-15-55-14-12-43-28-7-4-6-24-35(28)39(54)48(38(24)53)30-10-11-34(51)47-37(30)52/h4,6-7,16-20,30,41,43H,5,8-15H2,1-3H3,(H,44,49)(H,45,46,50)(H,47,51,52). The molecule has 2 aliphatic heterocycles. The number of carbonyl (C=O) groups is 6. The highest BCUT2D eigenvalue weighted by Crippen LogP contribution is 2.35. The number of anilines is 3. The van der Waals surface area contributed by atoms with Crippen LogP contribution in [-0.2, 0) is 23.9 Å². The second-order valence-corrected chi connectivity index (χ2v) is 13.2. The minimum absolute atomic E-state index is 0.0358. The zero-order chi connectivity index (χ0) is 39.2. The summed E-state index contributed by atoms with van der Waals surface area (Å²) in [6, 6.07) is 7.17. The van der Waals surface area contributed by atoms with Crippen LogP contribution in [0.2, 0.25) is 0 Å². The molecule has 1 atom stereocenters. The van der Waals surface area contributed by atoms with Crippen molar-refractivity contribution in [3.8, 4) is 11.1 Å². The molecule has 2 aliphatic rings. The molecular formula is C39H41FN8O7. The molecule has 16 heteroatoms. The van der Waals surface area contributed by atoms with Gasteiger partial charge < -0.3 is 26.0 Å². The van der Waals surface area contributed by atoms with Gasteiger partial charge in [0.25, 0.3) is 11.8 Å². The van der Waals surface area contributed by atoms with Crippen molar-refractivity contribution >= 4 is 63.4 Å². The van der Waals surface area contributed by atoms with Gasteiger partial charge in [0.05, 0.1) is 36.2 Å². The first-order valence-corrected chi connectivity index (χ1v) is 17.9. The molecule has 1 unspecified atom stereocenters. The van der Waals surface area contributed by atoms with E-state index in [4.69, 9.17) is 4.74 Å². The highest BCUT2D eigenvalue weighted by molar-refractivity contribution is 6.25. The summed E-state index contributed by atoms with van der Waals surface area (Å²) in [7, 11) is 1.78. The van der Waals surface area contributed by atoms with E-state index in [1.54, 1.807) is 50.6 Å². The Morgan fingerprint density at radius 1 is 0.927 bits per heavy atom. The number of imide groups is 2. The third-order valence-corrected chi connectivity index (χ3v) is 9.65. The van der Waals surface area contributed by atoms with Crippen LogP contribution in [0.25, 0.3) is 21.9 Å². The van der Waals surface area contributed by atoms with Gasteiger partial charge in [-0.3, -0.25) is 44.0 Å². The van der Waals surface area contributed by atoms with Crippen molar-refractivity contribution in [3.05, 3.63) is 77.0 Å². The zero-order valence-electron chi connectivity index (χ0n) is 30.6. The maximum Gasteiger partial charge on any atom is 0.264 e. The average Bonchev–Trinajstić information content (AvgIpc) is 3.42. The molecule has 2 aromatic heterocycles. The summed E-state index contributed by atoms with van der Waals surface area (Å²) in [6.07, 6.45) is 5.47. The number of rotatable bonds is 15. The van der Waals surface area contributed by atoms with Crippen molar-refractivity contribution in [3.63, 3.8) is 0 Å². The Kier molecular flexibility index (Phi) is 11.7. The number of hydrogen-bond donors (Lipinski definition) is 5. The SMILES string of the molecule is CNc1cncc(-c2cc3cc(NC(=O)CCCC(=O)NCCOCCNc4cccc5c4C(=O)N(C4CCC(=O)NC4=O)C5=O)ncc3c(C)c2F)c1C. The first kappa shape index (κ1) is 38.4. The molecule has 2 aromatic carbocycles. The molecule has 1 fully saturated rings. The predicted molar refractivity (Wildman–Crippen MR) is 202 cm³/mol. The molecule has 6 amide bonds. The van der Waals surface area contributed by atoms with Crippen LogP contribution in [0, 0.1) is 19.7 Å². The summed E-state index contributed by atoms with van der Waals surface area (Å²) >= 11 is 0. The number of aryl methyl sites for hydroxylation is 1. The Bertz CT molecular complexity index is 2210. The molecule has 0 bridgehead atoms. The Labute approximate surface area is 315 Å². The zero-order valence-corrected chi connectivity index (χ0v) is 30.6. The molecule has 6 rings (SSSR count). The normalized spacial score (nSPS) is 15.2. The largest absolute Gasteiger partial charge is 0.387 e. The van der Waals surface area contributed by atoms with Crippen LogP contribution in [0.3, 0.4) is 0 Å². The van der Waals surface area contributed by atoms with Gasteiger partial charge in [-0.25, -0.2) is 9.37 Å². The van der Waals surface area contributed by atoms with Crippen molar-refractivity contribution in [2.45, 2.75) is 52.0 Å². The number of fused-ring (bicyclic) bond motifs is 2. The molecule has 4 heterocycles. The van der Waals surface area contributed by atoms with E-state index in [1.165, 1.54) is 12.3 Å². The Balaban J connectivity index is 0.905. The fraction of sp³-hybridized carbons (Fsp3) is 0.333. The molecule has 4 aromatic rings. The predicted octanol–water partition coefficient (Wildman–Crippen LogP) is 3.85. The lowest BCUT2D eigenvalue weighted by molar-refractivity contribution is -0.136. The van der Waals surface area contributed by atoms with Gasteiger partial charge in [-0.05, 0) is 67.5 Å². The smallest absolute Gasteiger partial charge is 0.264 e. The average molecular weight is 753 g/mol. The third-order valence-electron chi connectivity index (χ3n) is 9.65. The lowest BCUT2D eigenvalue weighted by Crippen LogP contribution is -2.54. The summed E-state index contributed by atoms with van der Waals surface area (Å²) in [5.74, 6) is -2.90. The van der Waals surface area contributed by atoms with E-state index in [2.05, 4.69) is 36.6 Å². The summed E-state index contributed by atoms with van der Waals surface area (Å²) in [6.45, 7) is 4.58. The number of ether oxygens (including phenoxy) is 1. The van der Waals surface area contributed by atoms with Gasteiger partial charge in [0.2, 0.25) is 23.6 Å². The van der Waals surface area contributed by atoms with Crippen molar-refractivity contribution in [2.24, 2.45) is 0 Å². The molecule has 1 saturated heterocycles. The van der Waals surface area contributed by atoms with Gasteiger partial charge in [-0.1, -0.05) is 6.07 Å². The highest BCUT2D eigenvalue weighted by Gasteiger charge is 2.45. The molecule has 0 radical (unpaired) electrons. The number of carbonyl (C=O) groups excluding carboxylic acids is 6. The summed E-state index contributed by atoms with van der Waals surface area (Å²) < 4.78 is 21.1. The van der Waals surface area contributed by atoms with E-state index >= 15 is 4.39 Å². The van der Waals surface area contributed by atoms with Gasteiger partial charge in [0.15, 0.2) is 0 Å². The van der Waals surface area contributed by atoms with Crippen molar-refractivity contribution in [2.75, 3.05) is 49.3 Å². The minimum Gasteiger partial charge on any atom is -0.387 e. The highest BCUT2D eigenvalue weighted by atomic mass is 19.1. The molecule has 0 aliphatic carbocycles. The van der Waals surface area contributed by atoms with E-state index in [-0.39, 0.29) is 74.2 Å². The number of piperidine rings is 1. The van der Waals surface area contributed by atoms with E-state index in [9.17, 15) is 28.8 Å². The second kappa shape index (κ2) is 16.8. The number of pyridine rings is 2. The quantitative estimate of drug-likeness (QED) is 0.0873. The van der Waals surface area contributed by atoms with E-state index < -0.39 is 29.7 Å². The number of hydrogen-bond acceptors (Lipinski definition) is 11. The summed E-state index contributed by atoms with van der Waals surface area (Å²) in [4.78, 5) is 84.6. The van der Waals surface area contributed by atoms with Crippen LogP contribution in [0.4, 0.5) is 21.6 Å². The van der Waals surface area contributed by atoms with Crippen LogP contribution in [0.5, 0.6) is 0 Å². The first-order valence-electron chi connectivity index (χ1n) is 17.9. The van der Waals surface area contributed by atoms with Gasteiger partial charge in [-0.15, -0.1) is 0 Å². The maximum atomic E-state index is 15.5. The van der Waals surface area contributed by atoms with E-state index in [1.807, 2.05) is 6.92 Å². The number of nitrogens with one attached hydrogen (secondary N) is 5. The molecule has 0 saturated carbocycles. The topological polar surface area (TPSA) is 201 Å². The summed E-state index contributed by atoms with van der Waals surface area (Å²) in [5.41, 5.74) is 3.90. The lowest BCUT2D eigenvalue weighted by Gasteiger charge is -2.27. The Morgan fingerprint density at radius 3 is 2.49 bits per heavy atom. The van der Waals surface area contributed by atoms with E-state index in [0.717, 1.165) is 16.2 Å². The molecule has 15 nitrogen and oxygen atoms in total. The number of halogens is 1. The number of amides is 6. The molecule has 55 heavy (non-hydrogen) atoms. The molecule has 5 N–H and O–H groups in total. The van der Waals surface area contributed by atoms with E-state index in [0.29, 0.717) is 51.9 Å². The Hall–Kier alpha value is -6.29. The van der Waals surface area contributed by atoms with Crippen LogP contribution in [0.1, 0.15) is 63.9 Å². The van der Waals surface area contributed by atoms with Gasteiger partial charge in [0.1, 0.15) is 17.7 Å². The fourth-order valence-corrected chi connectivity index (χ4v) is 6.74. The number of aromatic nitrogens is 2. The minimum atomic E-state index is -1.05. The van der Waals surface area contributed by atoms with Gasteiger partial charge in [0, 0.05) is 74.0 Å². The molecule has 286 valence electrons. The molecular weight excluding hydrogens is 711 g/mol. The van der Waals surface area contributed by atoms with Crippen molar-refractivity contribution in [1.29, 1.82) is 0 Å². The van der Waals surface area contributed by atoms with Crippen molar-refractivity contribution in [1.82, 2.24) is 25.5 Å². The monoisotopic (exact) mass is 752 g/mol. The fourth-order valence-electron chi connectivity index (χ4n) is 6.74. The first-order chi connectivity index (χ1) is 26.5. The maximum absolute atomic E-state index is 15.5.